The molecule has 1 rings (SSSR count). The zero-order valence-electron chi connectivity index (χ0n) is 12.5. The summed E-state index contributed by atoms with van der Waals surface area (Å²) < 4.78 is 27.2. The van der Waals surface area contributed by atoms with Crippen LogP contribution in [0.3, 0.4) is 0 Å². The molecule has 0 saturated heterocycles. The first kappa shape index (κ1) is 17.4. The van der Waals surface area contributed by atoms with Crippen molar-refractivity contribution in [3.05, 3.63) is 28.8 Å². The number of benzene rings is 1. The molecule has 0 fully saturated rings. The molecular weight excluding hydrogens is 296 g/mol. The zero-order chi connectivity index (χ0) is 15.4. The van der Waals surface area contributed by atoms with E-state index in [0.717, 1.165) is 12.0 Å². The summed E-state index contributed by atoms with van der Waals surface area (Å²) in [7, 11) is -1.75. The minimum atomic E-state index is -3.56. The van der Waals surface area contributed by atoms with Crippen LogP contribution in [0, 0.1) is 5.41 Å². The van der Waals surface area contributed by atoms with Gasteiger partial charge in [0.15, 0.2) is 0 Å². The number of halogens is 1. The van der Waals surface area contributed by atoms with Gasteiger partial charge in [-0.1, -0.05) is 38.4 Å². The maximum Gasteiger partial charge on any atom is 0.242 e. The minimum Gasteiger partial charge on any atom is -0.316 e. The monoisotopic (exact) mass is 318 g/mol. The third-order valence-electron chi connectivity index (χ3n) is 2.83. The van der Waals surface area contributed by atoms with Crippen molar-refractivity contribution in [1.29, 1.82) is 0 Å². The highest BCUT2D eigenvalue weighted by Crippen LogP contribution is 2.23. The summed E-state index contributed by atoms with van der Waals surface area (Å²) in [5, 5.41) is 3.23. The molecule has 0 unspecified atom stereocenters. The SMILES string of the molecule is CNCc1ccc(Cl)c(S(=O)(=O)NCCC(C)(C)C)c1. The van der Waals surface area contributed by atoms with Gasteiger partial charge in [-0.05, 0) is 36.6 Å². The van der Waals surface area contributed by atoms with E-state index in [1.165, 1.54) is 0 Å². The Morgan fingerprint density at radius 1 is 1.25 bits per heavy atom. The Morgan fingerprint density at radius 3 is 2.45 bits per heavy atom. The number of nitrogens with one attached hydrogen (secondary N) is 2. The maximum atomic E-state index is 12.3. The minimum absolute atomic E-state index is 0.0836. The lowest BCUT2D eigenvalue weighted by atomic mass is 9.93. The lowest BCUT2D eigenvalue weighted by molar-refractivity contribution is 0.378. The highest BCUT2D eigenvalue weighted by atomic mass is 35.5. The van der Waals surface area contributed by atoms with Crippen LogP contribution in [0.2, 0.25) is 5.02 Å². The van der Waals surface area contributed by atoms with Gasteiger partial charge in [0.05, 0.1) is 5.02 Å². The molecular formula is C14H23ClN2O2S. The lowest BCUT2D eigenvalue weighted by Gasteiger charge is -2.18. The predicted octanol–water partition coefficient (Wildman–Crippen LogP) is 2.77. The first-order valence-corrected chi connectivity index (χ1v) is 8.44. The fourth-order valence-corrected chi connectivity index (χ4v) is 3.29. The summed E-state index contributed by atoms with van der Waals surface area (Å²) in [5.74, 6) is 0. The maximum absolute atomic E-state index is 12.3. The molecule has 1 aromatic carbocycles. The Labute approximate surface area is 127 Å². The van der Waals surface area contributed by atoms with Crippen LogP contribution < -0.4 is 10.0 Å². The molecule has 0 saturated carbocycles. The van der Waals surface area contributed by atoms with E-state index in [2.05, 4.69) is 30.8 Å². The van der Waals surface area contributed by atoms with Gasteiger partial charge in [0.25, 0.3) is 0 Å². The van der Waals surface area contributed by atoms with Crippen LogP contribution >= 0.6 is 11.6 Å². The average Bonchev–Trinajstić information content (AvgIpc) is 2.29. The molecule has 0 spiro atoms. The van der Waals surface area contributed by atoms with E-state index < -0.39 is 10.0 Å². The summed E-state index contributed by atoms with van der Waals surface area (Å²) in [4.78, 5) is 0.140. The summed E-state index contributed by atoms with van der Waals surface area (Å²) in [6.45, 7) is 7.21. The highest BCUT2D eigenvalue weighted by molar-refractivity contribution is 7.89. The zero-order valence-corrected chi connectivity index (χ0v) is 14.0. The number of sulfonamides is 1. The van der Waals surface area contributed by atoms with Crippen LogP contribution in [0.4, 0.5) is 0 Å². The average molecular weight is 319 g/mol. The second kappa shape index (κ2) is 6.89. The fraction of sp³-hybridized carbons (Fsp3) is 0.571. The van der Waals surface area contributed by atoms with Crippen molar-refractivity contribution < 1.29 is 8.42 Å². The molecule has 6 heteroatoms. The van der Waals surface area contributed by atoms with Gasteiger partial charge in [0, 0.05) is 13.1 Å². The molecule has 0 aliphatic heterocycles. The summed E-state index contributed by atoms with van der Waals surface area (Å²) in [6.07, 6.45) is 0.764. The normalized spacial score (nSPS) is 12.7. The number of hydrogen-bond donors (Lipinski definition) is 2. The summed E-state index contributed by atoms with van der Waals surface area (Å²) in [5.41, 5.74) is 0.966. The number of hydrogen-bond acceptors (Lipinski definition) is 3. The van der Waals surface area contributed by atoms with Crippen molar-refractivity contribution in [2.45, 2.75) is 38.6 Å². The second-order valence-electron chi connectivity index (χ2n) is 6.00. The van der Waals surface area contributed by atoms with E-state index in [1.54, 1.807) is 12.1 Å². The van der Waals surface area contributed by atoms with E-state index in [1.807, 2.05) is 13.1 Å². The third-order valence-corrected chi connectivity index (χ3v) is 4.78. The van der Waals surface area contributed by atoms with Crippen molar-refractivity contribution in [3.63, 3.8) is 0 Å². The lowest BCUT2D eigenvalue weighted by Crippen LogP contribution is -2.27. The molecule has 0 amide bonds. The van der Waals surface area contributed by atoms with E-state index in [9.17, 15) is 8.42 Å². The Morgan fingerprint density at radius 2 is 1.90 bits per heavy atom. The molecule has 0 bridgehead atoms. The van der Waals surface area contributed by atoms with Gasteiger partial charge in [-0.15, -0.1) is 0 Å². The van der Waals surface area contributed by atoms with E-state index in [0.29, 0.717) is 13.1 Å². The quantitative estimate of drug-likeness (QED) is 0.848. The Bertz CT molecular complexity index is 551. The highest BCUT2D eigenvalue weighted by Gasteiger charge is 2.19. The third kappa shape index (κ3) is 5.40. The number of rotatable bonds is 6. The summed E-state index contributed by atoms with van der Waals surface area (Å²) >= 11 is 6.01. The van der Waals surface area contributed by atoms with E-state index >= 15 is 0 Å². The van der Waals surface area contributed by atoms with Gasteiger partial charge < -0.3 is 5.32 Å². The molecule has 20 heavy (non-hydrogen) atoms. The van der Waals surface area contributed by atoms with Crippen LogP contribution in [0.5, 0.6) is 0 Å². The van der Waals surface area contributed by atoms with Gasteiger partial charge in [-0.3, -0.25) is 0 Å². The van der Waals surface area contributed by atoms with Crippen LogP contribution in [-0.4, -0.2) is 22.0 Å². The van der Waals surface area contributed by atoms with Crippen molar-refractivity contribution in [2.75, 3.05) is 13.6 Å². The Kier molecular flexibility index (Phi) is 6.01. The first-order valence-electron chi connectivity index (χ1n) is 6.58. The van der Waals surface area contributed by atoms with Crippen molar-refractivity contribution in [2.24, 2.45) is 5.41 Å². The second-order valence-corrected chi connectivity index (χ2v) is 8.15. The molecule has 0 aliphatic carbocycles. The van der Waals surface area contributed by atoms with Crippen LogP contribution in [0.15, 0.2) is 23.1 Å². The van der Waals surface area contributed by atoms with Crippen LogP contribution in [-0.2, 0) is 16.6 Å². The fourth-order valence-electron chi connectivity index (χ4n) is 1.71. The van der Waals surface area contributed by atoms with Gasteiger partial charge in [0.2, 0.25) is 10.0 Å². The molecule has 2 N–H and O–H groups in total. The summed E-state index contributed by atoms with van der Waals surface area (Å²) in [6, 6.07) is 5.04. The van der Waals surface area contributed by atoms with E-state index in [4.69, 9.17) is 11.6 Å². The van der Waals surface area contributed by atoms with Crippen molar-refractivity contribution >= 4 is 21.6 Å². The van der Waals surface area contributed by atoms with Crippen molar-refractivity contribution in [3.8, 4) is 0 Å². The topological polar surface area (TPSA) is 58.2 Å². The molecule has 0 heterocycles. The molecule has 0 aromatic heterocycles. The largest absolute Gasteiger partial charge is 0.316 e. The molecule has 4 nitrogen and oxygen atoms in total. The smallest absolute Gasteiger partial charge is 0.242 e. The van der Waals surface area contributed by atoms with Crippen LogP contribution in [0.25, 0.3) is 0 Å². The standard InChI is InChI=1S/C14H23ClN2O2S/c1-14(2,3)7-8-17-20(18,19)13-9-11(10-16-4)5-6-12(13)15/h5-6,9,16-17H,7-8,10H2,1-4H3. The molecule has 114 valence electrons. The van der Waals surface area contributed by atoms with Gasteiger partial charge >= 0.3 is 0 Å². The van der Waals surface area contributed by atoms with Crippen LogP contribution in [0.1, 0.15) is 32.8 Å². The molecule has 1 aromatic rings. The van der Waals surface area contributed by atoms with Crippen molar-refractivity contribution in [1.82, 2.24) is 10.0 Å². The first-order chi connectivity index (χ1) is 9.15. The van der Waals surface area contributed by atoms with Gasteiger partial charge in [-0.25, -0.2) is 13.1 Å². The molecule has 0 atom stereocenters. The molecule has 0 aliphatic rings. The Hall–Kier alpha value is -0.620. The van der Waals surface area contributed by atoms with Gasteiger partial charge in [-0.2, -0.15) is 0 Å². The predicted molar refractivity (Wildman–Crippen MR) is 83.5 cm³/mol. The van der Waals surface area contributed by atoms with E-state index in [-0.39, 0.29) is 15.3 Å². The Balaban J connectivity index is 2.89. The molecule has 0 radical (unpaired) electrons. The van der Waals surface area contributed by atoms with Gasteiger partial charge in [0.1, 0.15) is 4.90 Å².